The summed E-state index contributed by atoms with van der Waals surface area (Å²) in [5.74, 6) is -0.00396. The van der Waals surface area contributed by atoms with Gasteiger partial charge in [0.05, 0.1) is 6.04 Å². The first-order chi connectivity index (χ1) is 10.7. The van der Waals surface area contributed by atoms with E-state index in [0.717, 1.165) is 16.7 Å². The van der Waals surface area contributed by atoms with E-state index in [2.05, 4.69) is 51.2 Å². The van der Waals surface area contributed by atoms with Crippen LogP contribution in [0.1, 0.15) is 62.3 Å². The molecule has 122 valence electrons. The van der Waals surface area contributed by atoms with Crippen LogP contribution in [0.5, 0.6) is 0 Å². The predicted octanol–water partition coefficient (Wildman–Crippen LogP) is 5.03. The van der Waals surface area contributed by atoms with Gasteiger partial charge in [0.15, 0.2) is 0 Å². The van der Waals surface area contributed by atoms with E-state index < -0.39 is 0 Å². The van der Waals surface area contributed by atoms with E-state index in [4.69, 9.17) is 0 Å². The van der Waals surface area contributed by atoms with Crippen LogP contribution in [0.4, 0.5) is 0 Å². The smallest absolute Gasteiger partial charge is 0.252 e. The van der Waals surface area contributed by atoms with Crippen molar-refractivity contribution in [3.05, 3.63) is 68.8 Å². The minimum atomic E-state index is -0.0113. The van der Waals surface area contributed by atoms with Gasteiger partial charge in [-0.25, -0.2) is 0 Å². The number of nitrogens with one attached hydrogen (secondary N) is 1. The van der Waals surface area contributed by atoms with Gasteiger partial charge in [-0.2, -0.15) is 0 Å². The van der Waals surface area contributed by atoms with Crippen LogP contribution >= 0.6 is 0 Å². The molecule has 23 heavy (non-hydrogen) atoms. The zero-order chi connectivity index (χ0) is 17.3. The molecule has 0 saturated carbocycles. The van der Waals surface area contributed by atoms with Crippen molar-refractivity contribution in [2.75, 3.05) is 0 Å². The van der Waals surface area contributed by atoms with Crippen LogP contribution in [0.3, 0.4) is 0 Å². The molecule has 0 radical (unpaired) electrons. The Hall–Kier alpha value is -2.09. The van der Waals surface area contributed by atoms with Crippen molar-refractivity contribution in [2.24, 2.45) is 0 Å². The van der Waals surface area contributed by atoms with Crippen LogP contribution < -0.4 is 5.32 Å². The standard InChI is InChI=1S/C21H27NO/c1-12-8-16(5)19(10-14(12)3)18(7)22-21(23)20-11-15(4)13(2)9-17(20)6/h8-11,18H,1-7H3,(H,22,23)/t18-/m0/s1. The van der Waals surface area contributed by atoms with Crippen LogP contribution in [0.25, 0.3) is 0 Å². The molecule has 0 aromatic heterocycles. The molecule has 0 fully saturated rings. The van der Waals surface area contributed by atoms with Gasteiger partial charge in [-0.1, -0.05) is 18.2 Å². The normalized spacial score (nSPS) is 12.1. The maximum Gasteiger partial charge on any atom is 0.252 e. The van der Waals surface area contributed by atoms with Crippen LogP contribution in [0.15, 0.2) is 24.3 Å². The number of carbonyl (C=O) groups is 1. The first kappa shape index (κ1) is 17.3. The predicted molar refractivity (Wildman–Crippen MR) is 97.2 cm³/mol. The first-order valence-corrected chi connectivity index (χ1v) is 8.17. The molecule has 1 atom stereocenters. The molecule has 0 aliphatic heterocycles. The van der Waals surface area contributed by atoms with E-state index in [1.165, 1.54) is 27.8 Å². The van der Waals surface area contributed by atoms with Crippen LogP contribution in [-0.4, -0.2) is 5.91 Å². The summed E-state index contributed by atoms with van der Waals surface area (Å²) in [5.41, 5.74) is 9.10. The quantitative estimate of drug-likeness (QED) is 0.846. The Kier molecular flexibility index (Phi) is 4.93. The lowest BCUT2D eigenvalue weighted by Crippen LogP contribution is -2.28. The Morgan fingerprint density at radius 3 is 1.83 bits per heavy atom. The Balaban J connectivity index is 2.27. The molecule has 0 aliphatic rings. The summed E-state index contributed by atoms with van der Waals surface area (Å²) in [6.07, 6.45) is 0. The monoisotopic (exact) mass is 309 g/mol. The fraction of sp³-hybridized carbons (Fsp3) is 0.381. The van der Waals surface area contributed by atoms with E-state index in [-0.39, 0.29) is 11.9 Å². The van der Waals surface area contributed by atoms with Crippen molar-refractivity contribution in [1.82, 2.24) is 5.32 Å². The number of hydrogen-bond acceptors (Lipinski definition) is 1. The number of rotatable bonds is 3. The molecular weight excluding hydrogens is 282 g/mol. The molecule has 2 rings (SSSR count). The molecule has 0 unspecified atom stereocenters. The Labute approximate surface area is 139 Å². The summed E-state index contributed by atoms with van der Waals surface area (Å²) >= 11 is 0. The Morgan fingerprint density at radius 2 is 1.22 bits per heavy atom. The van der Waals surface area contributed by atoms with Gasteiger partial charge in [-0.3, -0.25) is 4.79 Å². The highest BCUT2D eigenvalue weighted by molar-refractivity contribution is 5.96. The second-order valence-corrected chi connectivity index (χ2v) is 6.74. The van der Waals surface area contributed by atoms with Crippen LogP contribution in [0, 0.1) is 41.5 Å². The molecular formula is C21H27NO. The number of aryl methyl sites for hydroxylation is 6. The van der Waals surface area contributed by atoms with Gasteiger partial charge in [-0.05, 0) is 93.5 Å². The van der Waals surface area contributed by atoms with Crippen molar-refractivity contribution < 1.29 is 4.79 Å². The lowest BCUT2D eigenvalue weighted by Gasteiger charge is -2.19. The third-order valence-electron chi connectivity index (χ3n) is 4.78. The average Bonchev–Trinajstić information content (AvgIpc) is 2.46. The number of benzene rings is 2. The van der Waals surface area contributed by atoms with E-state index >= 15 is 0 Å². The van der Waals surface area contributed by atoms with Gasteiger partial charge in [-0.15, -0.1) is 0 Å². The van der Waals surface area contributed by atoms with Crippen LogP contribution in [-0.2, 0) is 0 Å². The minimum absolute atomic E-state index is 0.00396. The first-order valence-electron chi connectivity index (χ1n) is 8.17. The zero-order valence-electron chi connectivity index (χ0n) is 15.3. The molecule has 2 nitrogen and oxygen atoms in total. The molecule has 1 amide bonds. The van der Waals surface area contributed by atoms with E-state index in [1.54, 1.807) is 0 Å². The Bertz CT molecular complexity index is 759. The maximum absolute atomic E-state index is 12.7. The minimum Gasteiger partial charge on any atom is -0.345 e. The third kappa shape index (κ3) is 3.64. The van der Waals surface area contributed by atoms with Crippen molar-refractivity contribution in [3.8, 4) is 0 Å². The molecule has 2 aromatic carbocycles. The molecule has 0 aliphatic carbocycles. The second kappa shape index (κ2) is 6.57. The summed E-state index contributed by atoms with van der Waals surface area (Å²) < 4.78 is 0. The summed E-state index contributed by atoms with van der Waals surface area (Å²) in [4.78, 5) is 12.7. The Morgan fingerprint density at radius 1 is 0.739 bits per heavy atom. The molecule has 0 bridgehead atoms. The molecule has 1 N–H and O–H groups in total. The topological polar surface area (TPSA) is 29.1 Å². The highest BCUT2D eigenvalue weighted by Gasteiger charge is 2.16. The average molecular weight is 309 g/mol. The van der Waals surface area contributed by atoms with Gasteiger partial charge in [0.25, 0.3) is 5.91 Å². The van der Waals surface area contributed by atoms with Crippen molar-refractivity contribution in [1.29, 1.82) is 0 Å². The van der Waals surface area contributed by atoms with Crippen molar-refractivity contribution in [3.63, 3.8) is 0 Å². The summed E-state index contributed by atoms with van der Waals surface area (Å²) in [7, 11) is 0. The van der Waals surface area contributed by atoms with Crippen molar-refractivity contribution >= 4 is 5.91 Å². The lowest BCUT2D eigenvalue weighted by atomic mass is 9.96. The molecule has 0 heterocycles. The largest absolute Gasteiger partial charge is 0.345 e. The molecule has 2 heteroatoms. The number of carbonyl (C=O) groups excluding carboxylic acids is 1. The fourth-order valence-corrected chi connectivity index (χ4v) is 3.01. The van der Waals surface area contributed by atoms with E-state index in [9.17, 15) is 4.79 Å². The van der Waals surface area contributed by atoms with Gasteiger partial charge in [0, 0.05) is 5.56 Å². The van der Waals surface area contributed by atoms with E-state index in [0.29, 0.717) is 0 Å². The molecule has 0 saturated heterocycles. The third-order valence-corrected chi connectivity index (χ3v) is 4.78. The lowest BCUT2D eigenvalue weighted by molar-refractivity contribution is 0.0939. The van der Waals surface area contributed by atoms with Gasteiger partial charge in [0.2, 0.25) is 0 Å². The SMILES string of the molecule is Cc1cc(C)c(C(=O)N[C@@H](C)c2cc(C)c(C)cc2C)cc1C. The van der Waals surface area contributed by atoms with Crippen molar-refractivity contribution in [2.45, 2.75) is 54.5 Å². The fourth-order valence-electron chi connectivity index (χ4n) is 3.01. The summed E-state index contributed by atoms with van der Waals surface area (Å²) in [6, 6.07) is 8.43. The van der Waals surface area contributed by atoms with Gasteiger partial charge < -0.3 is 5.32 Å². The number of hydrogen-bond donors (Lipinski definition) is 1. The van der Waals surface area contributed by atoms with E-state index in [1.807, 2.05) is 26.8 Å². The molecule has 2 aromatic rings. The van der Waals surface area contributed by atoms with Crippen LogP contribution in [0.2, 0.25) is 0 Å². The number of amides is 1. The summed E-state index contributed by atoms with van der Waals surface area (Å²) in [6.45, 7) is 14.5. The summed E-state index contributed by atoms with van der Waals surface area (Å²) in [5, 5.41) is 3.15. The highest BCUT2D eigenvalue weighted by atomic mass is 16.1. The molecule has 0 spiro atoms. The highest BCUT2D eigenvalue weighted by Crippen LogP contribution is 2.23. The van der Waals surface area contributed by atoms with Gasteiger partial charge >= 0.3 is 0 Å². The maximum atomic E-state index is 12.7. The van der Waals surface area contributed by atoms with Gasteiger partial charge in [0.1, 0.15) is 0 Å². The zero-order valence-corrected chi connectivity index (χ0v) is 15.3. The second-order valence-electron chi connectivity index (χ2n) is 6.74.